The van der Waals surface area contributed by atoms with Gasteiger partial charge in [0.25, 0.3) is 0 Å². The molecule has 0 aromatic carbocycles. The van der Waals surface area contributed by atoms with E-state index in [0.29, 0.717) is 32.1 Å². The highest BCUT2D eigenvalue weighted by Gasteiger charge is 2.52. The van der Waals surface area contributed by atoms with E-state index in [2.05, 4.69) is 0 Å². The van der Waals surface area contributed by atoms with E-state index in [-0.39, 0.29) is 26.2 Å². The number of hydrogen-bond acceptors (Lipinski definition) is 4. The van der Waals surface area contributed by atoms with Crippen molar-refractivity contribution in [3.8, 4) is 0 Å². The molecule has 8 heteroatoms. The van der Waals surface area contributed by atoms with E-state index in [1.165, 1.54) is 11.8 Å². The molecule has 0 fully saturated rings. The molecule has 0 saturated carbocycles. The van der Waals surface area contributed by atoms with Gasteiger partial charge in [-0.1, -0.05) is 40.0 Å². The van der Waals surface area contributed by atoms with Gasteiger partial charge in [0.1, 0.15) is 5.60 Å². The Hall–Kier alpha value is -1.54. The number of rotatable bonds is 13. The van der Waals surface area contributed by atoms with Gasteiger partial charge >= 0.3 is 12.2 Å². The third kappa shape index (κ3) is 6.02. The summed E-state index contributed by atoms with van der Waals surface area (Å²) in [6.45, 7) is 6.83. The van der Waals surface area contributed by atoms with Crippen molar-refractivity contribution in [2.24, 2.45) is 0 Å². The maximum Gasteiger partial charge on any atom is 0.407 e. The molecule has 4 N–H and O–H groups in total. The predicted octanol–water partition coefficient (Wildman–Crippen LogP) is 2.83. The molecule has 0 spiro atoms. The third-order valence-electron chi connectivity index (χ3n) is 4.95. The lowest BCUT2D eigenvalue weighted by Crippen LogP contribution is -2.68. The van der Waals surface area contributed by atoms with E-state index in [1.54, 1.807) is 0 Å². The van der Waals surface area contributed by atoms with Gasteiger partial charge in [0.05, 0.1) is 18.7 Å². The fraction of sp³-hybridized carbons (Fsp3) is 0.889. The molecule has 0 aromatic heterocycles. The lowest BCUT2D eigenvalue weighted by Gasteiger charge is -2.52. The van der Waals surface area contributed by atoms with E-state index in [0.717, 1.165) is 11.3 Å². The van der Waals surface area contributed by atoms with E-state index in [4.69, 9.17) is 5.11 Å². The molecule has 0 bridgehead atoms. The van der Waals surface area contributed by atoms with Crippen LogP contribution in [0.25, 0.3) is 0 Å². The minimum absolute atomic E-state index is 0.137. The average molecular weight is 376 g/mol. The number of aliphatic hydroxyl groups is 2. The number of carbonyl (C=O) groups is 2. The van der Waals surface area contributed by atoms with Gasteiger partial charge in [0, 0.05) is 13.1 Å². The molecule has 0 aliphatic carbocycles. The summed E-state index contributed by atoms with van der Waals surface area (Å²) < 4.78 is 0. The van der Waals surface area contributed by atoms with Gasteiger partial charge in [0.15, 0.2) is 0 Å². The van der Waals surface area contributed by atoms with E-state index in [9.17, 15) is 24.9 Å². The first-order valence-corrected chi connectivity index (χ1v) is 9.45. The number of carboxylic acid groups (broad SMARTS) is 2. The zero-order valence-electron chi connectivity index (χ0n) is 16.6. The lowest BCUT2D eigenvalue weighted by molar-refractivity contribution is -0.114. The minimum atomic E-state index is -1.60. The maximum absolute atomic E-state index is 12.0. The summed E-state index contributed by atoms with van der Waals surface area (Å²) in [6.07, 6.45) is 1.27. The summed E-state index contributed by atoms with van der Waals surface area (Å²) in [5.74, 6) is 0. The van der Waals surface area contributed by atoms with Crippen LogP contribution in [-0.2, 0) is 0 Å². The van der Waals surface area contributed by atoms with Crippen LogP contribution < -0.4 is 0 Å². The second-order valence-corrected chi connectivity index (χ2v) is 7.02. The van der Waals surface area contributed by atoms with Gasteiger partial charge in [-0.15, -0.1) is 0 Å². The summed E-state index contributed by atoms with van der Waals surface area (Å²) in [5, 5.41) is 39.7. The molecule has 26 heavy (non-hydrogen) atoms. The topological polar surface area (TPSA) is 122 Å². The van der Waals surface area contributed by atoms with Crippen molar-refractivity contribution >= 4 is 12.2 Å². The van der Waals surface area contributed by atoms with Crippen molar-refractivity contribution in [1.29, 1.82) is 0 Å². The quantitative estimate of drug-likeness (QED) is 0.392. The van der Waals surface area contributed by atoms with Gasteiger partial charge in [0.2, 0.25) is 0 Å². The Morgan fingerprint density at radius 3 is 1.81 bits per heavy atom. The van der Waals surface area contributed by atoms with Crippen LogP contribution >= 0.6 is 0 Å². The minimum Gasteiger partial charge on any atom is -0.465 e. The summed E-state index contributed by atoms with van der Waals surface area (Å²) in [6, 6.07) is 0. The van der Waals surface area contributed by atoms with Gasteiger partial charge in [-0.3, -0.25) is 4.90 Å². The smallest absolute Gasteiger partial charge is 0.407 e. The highest BCUT2D eigenvalue weighted by molar-refractivity contribution is 5.67. The summed E-state index contributed by atoms with van der Waals surface area (Å²) >= 11 is 0. The van der Waals surface area contributed by atoms with Gasteiger partial charge < -0.3 is 25.3 Å². The van der Waals surface area contributed by atoms with Crippen LogP contribution in [0.1, 0.15) is 66.2 Å². The van der Waals surface area contributed by atoms with Crippen molar-refractivity contribution in [2.45, 2.75) is 77.4 Å². The normalized spacial score (nSPS) is 13.9. The maximum atomic E-state index is 12.0. The Morgan fingerprint density at radius 2 is 1.46 bits per heavy atom. The molecule has 8 nitrogen and oxygen atoms in total. The average Bonchev–Trinajstić information content (AvgIpc) is 2.54. The first-order chi connectivity index (χ1) is 12.1. The molecule has 1 atom stereocenters. The lowest BCUT2D eigenvalue weighted by atomic mass is 9.72. The van der Waals surface area contributed by atoms with E-state index in [1.807, 2.05) is 20.8 Å². The number of unbranched alkanes of at least 4 members (excludes halogenated alkanes) is 1. The van der Waals surface area contributed by atoms with Gasteiger partial charge in [-0.05, 0) is 26.2 Å². The third-order valence-corrected chi connectivity index (χ3v) is 4.95. The largest absolute Gasteiger partial charge is 0.465 e. The Kier molecular flexibility index (Phi) is 10.6. The molecule has 2 amide bonds. The molecule has 0 heterocycles. The molecular formula is C18H36N2O6. The summed E-state index contributed by atoms with van der Waals surface area (Å²) in [7, 11) is 0. The zero-order chi connectivity index (χ0) is 20.4. The second kappa shape index (κ2) is 11.2. The van der Waals surface area contributed by atoms with Crippen molar-refractivity contribution < 1.29 is 30.0 Å². The molecule has 0 saturated heterocycles. The first kappa shape index (κ1) is 24.5. The molecular weight excluding hydrogens is 340 g/mol. The number of aliphatic hydroxyl groups excluding tert-OH is 1. The van der Waals surface area contributed by atoms with Crippen molar-refractivity contribution in [2.75, 3.05) is 26.2 Å². The van der Waals surface area contributed by atoms with Crippen LogP contribution in [-0.4, -0.2) is 79.8 Å². The summed E-state index contributed by atoms with van der Waals surface area (Å²) in [5.41, 5.74) is -2.70. The number of nitrogens with zero attached hydrogens (tertiary/aromatic N) is 2. The van der Waals surface area contributed by atoms with Crippen molar-refractivity contribution in [1.82, 2.24) is 9.80 Å². The number of amides is 2. The SMILES string of the molecule is CCCCN(C(=O)O)C(CCC)(CCC)C(C)(O)CN(CCO)C(=O)O. The fourth-order valence-corrected chi connectivity index (χ4v) is 3.74. The van der Waals surface area contributed by atoms with Crippen LogP contribution in [0.3, 0.4) is 0 Å². The Morgan fingerprint density at radius 1 is 0.923 bits per heavy atom. The Balaban J connectivity index is 6.06. The summed E-state index contributed by atoms with van der Waals surface area (Å²) in [4.78, 5) is 25.8. The molecule has 154 valence electrons. The molecule has 0 aliphatic rings. The molecule has 0 aliphatic heterocycles. The standard InChI is InChI=1S/C18H36N2O6/c1-5-8-11-20(16(24)25)18(9-6-2,10-7-3)17(4,26)14-19(12-13-21)15(22)23/h21,26H,5-14H2,1-4H3,(H,22,23)(H,24,25). The highest BCUT2D eigenvalue weighted by Crippen LogP contribution is 2.39. The molecule has 1 unspecified atom stereocenters. The molecule has 0 rings (SSSR count). The fourth-order valence-electron chi connectivity index (χ4n) is 3.74. The van der Waals surface area contributed by atoms with Gasteiger partial charge in [-0.2, -0.15) is 0 Å². The monoisotopic (exact) mass is 376 g/mol. The molecule has 0 radical (unpaired) electrons. The number of hydrogen-bond donors (Lipinski definition) is 4. The zero-order valence-corrected chi connectivity index (χ0v) is 16.6. The highest BCUT2D eigenvalue weighted by atomic mass is 16.4. The first-order valence-electron chi connectivity index (χ1n) is 9.45. The van der Waals surface area contributed by atoms with Crippen LogP contribution in [0.15, 0.2) is 0 Å². The second-order valence-electron chi connectivity index (χ2n) is 7.02. The van der Waals surface area contributed by atoms with E-state index < -0.39 is 23.3 Å². The Labute approximate surface area is 156 Å². The van der Waals surface area contributed by atoms with Crippen LogP contribution in [0.2, 0.25) is 0 Å². The van der Waals surface area contributed by atoms with Crippen molar-refractivity contribution in [3.63, 3.8) is 0 Å². The van der Waals surface area contributed by atoms with E-state index >= 15 is 0 Å². The van der Waals surface area contributed by atoms with Crippen LogP contribution in [0.4, 0.5) is 9.59 Å². The van der Waals surface area contributed by atoms with Crippen LogP contribution in [0, 0.1) is 0 Å². The Bertz CT molecular complexity index is 435. The predicted molar refractivity (Wildman–Crippen MR) is 99.5 cm³/mol. The van der Waals surface area contributed by atoms with Crippen LogP contribution in [0.5, 0.6) is 0 Å². The molecule has 0 aromatic rings. The van der Waals surface area contributed by atoms with Crippen molar-refractivity contribution in [3.05, 3.63) is 0 Å². The van der Waals surface area contributed by atoms with Gasteiger partial charge in [-0.25, -0.2) is 9.59 Å².